The van der Waals surface area contributed by atoms with Crippen LogP contribution in [0.2, 0.25) is 0 Å². The number of nitrogens with zero attached hydrogens (tertiary/aromatic N) is 4. The van der Waals surface area contributed by atoms with E-state index in [1.165, 1.54) is 0 Å². The first-order chi connectivity index (χ1) is 14.7. The monoisotopic (exact) mass is 452 g/mol. The van der Waals surface area contributed by atoms with E-state index >= 15 is 0 Å². The number of rotatable bonds is 6. The average molecular weight is 453 g/mol. The van der Waals surface area contributed by atoms with Crippen LogP contribution in [0.3, 0.4) is 0 Å². The van der Waals surface area contributed by atoms with Gasteiger partial charge in [-0.25, -0.2) is 4.98 Å². The summed E-state index contributed by atoms with van der Waals surface area (Å²) in [6, 6.07) is 11.7. The lowest BCUT2D eigenvalue weighted by Crippen LogP contribution is -2.15. The molecule has 0 saturated carbocycles. The normalized spacial score (nSPS) is 11.2. The molecule has 4 aromatic heterocycles. The molecule has 4 heterocycles. The number of thiophene rings is 1. The Bertz CT molecular complexity index is 1330. The molecule has 2 N–H and O–H groups in total. The summed E-state index contributed by atoms with van der Waals surface area (Å²) < 4.78 is 4.37. The molecule has 30 heavy (non-hydrogen) atoms. The highest BCUT2D eigenvalue weighted by Gasteiger charge is 2.12. The Morgan fingerprint density at radius 3 is 2.80 bits per heavy atom. The van der Waals surface area contributed by atoms with Gasteiger partial charge in [0.25, 0.3) is 0 Å². The van der Waals surface area contributed by atoms with Crippen LogP contribution in [0.1, 0.15) is 6.42 Å². The van der Waals surface area contributed by atoms with Crippen LogP contribution in [-0.2, 0) is 11.3 Å². The topological polar surface area (TPSA) is 80.0 Å². The van der Waals surface area contributed by atoms with Crippen molar-refractivity contribution in [1.29, 1.82) is 0 Å². The number of H-pyrrole nitrogens is 1. The second-order valence-corrected chi connectivity index (χ2v) is 8.78. The minimum atomic E-state index is -0.0783. The van der Waals surface area contributed by atoms with Gasteiger partial charge in [0.05, 0.1) is 10.6 Å². The molecule has 0 unspecified atom stereocenters. The van der Waals surface area contributed by atoms with E-state index in [-0.39, 0.29) is 5.91 Å². The molecule has 0 radical (unpaired) electrons. The molecule has 5 rings (SSSR count). The van der Waals surface area contributed by atoms with Crippen LogP contribution >= 0.6 is 34.9 Å². The van der Waals surface area contributed by atoms with Crippen molar-refractivity contribution >= 4 is 51.4 Å². The molecule has 0 aliphatic carbocycles. The number of hydrogen-bond acceptors (Lipinski definition) is 6. The van der Waals surface area contributed by atoms with Crippen LogP contribution in [0.4, 0.5) is 5.69 Å². The molecule has 10 heteroatoms. The number of nitrogens with one attached hydrogen (secondary N) is 2. The molecular weight excluding hydrogens is 436 g/mol. The Labute approximate surface area is 184 Å². The summed E-state index contributed by atoms with van der Waals surface area (Å²) in [6.07, 6.45) is 4.28. The maximum absolute atomic E-state index is 12.5. The van der Waals surface area contributed by atoms with Gasteiger partial charge in [0, 0.05) is 42.0 Å². The van der Waals surface area contributed by atoms with Crippen LogP contribution in [0, 0.1) is 4.77 Å². The van der Waals surface area contributed by atoms with Crippen LogP contribution in [0.15, 0.2) is 59.6 Å². The van der Waals surface area contributed by atoms with Gasteiger partial charge < -0.3 is 5.32 Å². The van der Waals surface area contributed by atoms with E-state index in [4.69, 9.17) is 12.2 Å². The van der Waals surface area contributed by atoms with E-state index in [0.717, 1.165) is 32.6 Å². The summed E-state index contributed by atoms with van der Waals surface area (Å²) in [4.78, 5) is 19.0. The Kier molecular flexibility index (Phi) is 5.03. The number of imidazole rings is 1. The zero-order chi connectivity index (χ0) is 20.5. The summed E-state index contributed by atoms with van der Waals surface area (Å²) in [5.74, 6) is 0.678. The van der Waals surface area contributed by atoms with Crippen molar-refractivity contribution in [2.75, 3.05) is 5.32 Å². The first kappa shape index (κ1) is 18.9. The lowest BCUT2D eigenvalue weighted by atomic mass is 10.1. The second-order valence-electron chi connectivity index (χ2n) is 6.58. The number of anilines is 1. The van der Waals surface area contributed by atoms with E-state index < -0.39 is 0 Å². The Hall–Kier alpha value is -3.08. The number of aromatic amines is 1. The first-order valence-corrected chi connectivity index (χ1v) is 11.4. The fourth-order valence-electron chi connectivity index (χ4n) is 3.15. The number of benzene rings is 1. The lowest BCUT2D eigenvalue weighted by Gasteiger charge is -2.08. The second kappa shape index (κ2) is 7.98. The molecule has 0 spiro atoms. The zero-order valence-corrected chi connectivity index (χ0v) is 18.1. The standard InChI is InChI=1S/C20H16N6OS3/c27-17(7-8-26-18(23-24-19(26)28)16-2-1-10-29-16)21-14-5-3-13(4-6-14)15-12-25-9-11-30-20(25)22-15/h1-6,9-12H,7-8H2,(H,21,27)(H,24,28). The smallest absolute Gasteiger partial charge is 0.226 e. The van der Waals surface area contributed by atoms with Gasteiger partial charge in [-0.3, -0.25) is 18.9 Å². The largest absolute Gasteiger partial charge is 0.326 e. The quantitative estimate of drug-likeness (QED) is 0.352. The van der Waals surface area contributed by atoms with E-state index in [0.29, 0.717) is 17.7 Å². The van der Waals surface area contributed by atoms with Crippen LogP contribution in [0.25, 0.3) is 26.9 Å². The Morgan fingerprint density at radius 1 is 1.17 bits per heavy atom. The van der Waals surface area contributed by atoms with E-state index in [2.05, 4.69) is 20.5 Å². The van der Waals surface area contributed by atoms with Gasteiger partial charge in [0.2, 0.25) is 5.91 Å². The van der Waals surface area contributed by atoms with Crippen molar-refractivity contribution in [3.8, 4) is 22.0 Å². The molecule has 1 aromatic carbocycles. The third-order valence-corrected chi connectivity index (χ3v) is 6.57. The van der Waals surface area contributed by atoms with Gasteiger partial charge in [-0.05, 0) is 35.8 Å². The van der Waals surface area contributed by atoms with Crippen molar-refractivity contribution < 1.29 is 4.79 Å². The van der Waals surface area contributed by atoms with Crippen molar-refractivity contribution in [2.24, 2.45) is 0 Å². The molecule has 0 atom stereocenters. The fraction of sp³-hybridized carbons (Fsp3) is 0.100. The fourth-order valence-corrected chi connectivity index (χ4v) is 4.79. The molecule has 0 aliphatic heterocycles. The van der Waals surface area contributed by atoms with Gasteiger partial charge in [-0.15, -0.1) is 22.7 Å². The highest BCUT2D eigenvalue weighted by molar-refractivity contribution is 7.71. The number of aromatic nitrogens is 5. The SMILES string of the molecule is O=C(CCn1c(-c2cccs2)n[nH]c1=S)Nc1ccc(-c2cn3ccsc3n2)cc1. The van der Waals surface area contributed by atoms with Gasteiger partial charge in [-0.2, -0.15) is 5.10 Å². The summed E-state index contributed by atoms with van der Waals surface area (Å²) in [7, 11) is 0. The van der Waals surface area contributed by atoms with Gasteiger partial charge in [-0.1, -0.05) is 18.2 Å². The number of fused-ring (bicyclic) bond motifs is 1. The number of amides is 1. The highest BCUT2D eigenvalue weighted by Crippen LogP contribution is 2.24. The molecule has 0 aliphatic rings. The van der Waals surface area contributed by atoms with E-state index in [9.17, 15) is 4.79 Å². The molecule has 0 fully saturated rings. The number of carbonyl (C=O) groups excluding carboxylic acids is 1. The lowest BCUT2D eigenvalue weighted by molar-refractivity contribution is -0.116. The van der Waals surface area contributed by atoms with E-state index in [1.54, 1.807) is 22.7 Å². The Morgan fingerprint density at radius 2 is 2.03 bits per heavy atom. The number of hydrogen-bond donors (Lipinski definition) is 2. The minimum absolute atomic E-state index is 0.0783. The minimum Gasteiger partial charge on any atom is -0.326 e. The molecular formula is C20H16N6OS3. The zero-order valence-electron chi connectivity index (χ0n) is 15.6. The predicted molar refractivity (Wildman–Crippen MR) is 122 cm³/mol. The van der Waals surface area contributed by atoms with Crippen LogP contribution in [0.5, 0.6) is 0 Å². The van der Waals surface area contributed by atoms with Crippen LogP contribution < -0.4 is 5.32 Å². The molecule has 1 amide bonds. The summed E-state index contributed by atoms with van der Waals surface area (Å²) in [5.41, 5.74) is 2.67. The third kappa shape index (κ3) is 3.72. The highest BCUT2D eigenvalue weighted by atomic mass is 32.1. The van der Waals surface area contributed by atoms with Crippen molar-refractivity contribution in [3.63, 3.8) is 0 Å². The summed E-state index contributed by atoms with van der Waals surface area (Å²) in [6.45, 7) is 0.456. The maximum atomic E-state index is 12.5. The van der Waals surface area contributed by atoms with Crippen LogP contribution in [-0.4, -0.2) is 30.1 Å². The molecule has 7 nitrogen and oxygen atoms in total. The van der Waals surface area contributed by atoms with Gasteiger partial charge in [0.15, 0.2) is 15.6 Å². The molecule has 150 valence electrons. The first-order valence-electron chi connectivity index (χ1n) is 9.19. The number of thiazole rings is 1. The van der Waals surface area contributed by atoms with Gasteiger partial charge in [0.1, 0.15) is 0 Å². The van der Waals surface area contributed by atoms with E-state index in [1.807, 2.05) is 68.5 Å². The Balaban J connectivity index is 1.24. The summed E-state index contributed by atoms with van der Waals surface area (Å²) in [5, 5.41) is 14.0. The summed E-state index contributed by atoms with van der Waals surface area (Å²) >= 11 is 8.50. The van der Waals surface area contributed by atoms with Crippen molar-refractivity contribution in [2.45, 2.75) is 13.0 Å². The van der Waals surface area contributed by atoms with Gasteiger partial charge >= 0.3 is 0 Å². The average Bonchev–Trinajstić information content (AvgIpc) is 3.51. The third-order valence-electron chi connectivity index (χ3n) is 4.62. The predicted octanol–water partition coefficient (Wildman–Crippen LogP) is 5.07. The maximum Gasteiger partial charge on any atom is 0.226 e. The molecule has 0 bridgehead atoms. The number of carbonyl (C=O) groups is 1. The van der Waals surface area contributed by atoms with Crippen molar-refractivity contribution in [3.05, 3.63) is 64.3 Å². The van der Waals surface area contributed by atoms with Crippen molar-refractivity contribution in [1.82, 2.24) is 24.1 Å². The molecule has 0 saturated heterocycles. The molecule has 5 aromatic rings.